The van der Waals surface area contributed by atoms with Crippen LogP contribution in [0.1, 0.15) is 5.56 Å². The Hall–Kier alpha value is -1.20. The summed E-state index contributed by atoms with van der Waals surface area (Å²) in [7, 11) is -3.80. The number of hydrogen-bond donors (Lipinski definition) is 0. The highest BCUT2D eigenvalue weighted by atomic mass is 32.2. The van der Waals surface area contributed by atoms with E-state index >= 15 is 0 Å². The van der Waals surface area contributed by atoms with E-state index in [1.807, 2.05) is 6.92 Å². The smallest absolute Gasteiger partial charge is 0.288 e. The number of benzene rings is 1. The third kappa shape index (κ3) is 2.65. The number of aryl methyl sites for hydroxylation is 1. The minimum atomic E-state index is -3.80. The standard InChI is InChI=1S/C9H9O4S/c1-8-2-4-9(5-3-8)14(11,12)13-7-6-10/h2-5H,7H2,1H3. The molecule has 0 atom stereocenters. The highest BCUT2D eigenvalue weighted by Gasteiger charge is 2.13. The molecular formula is C9H9O4S. The van der Waals surface area contributed by atoms with E-state index in [2.05, 4.69) is 4.18 Å². The van der Waals surface area contributed by atoms with Crippen molar-refractivity contribution in [3.05, 3.63) is 29.8 Å². The van der Waals surface area contributed by atoms with Gasteiger partial charge in [-0.2, -0.15) is 8.42 Å². The van der Waals surface area contributed by atoms with E-state index in [1.165, 1.54) is 18.4 Å². The summed E-state index contributed by atoms with van der Waals surface area (Å²) in [4.78, 5) is 9.86. The molecule has 14 heavy (non-hydrogen) atoms. The van der Waals surface area contributed by atoms with Gasteiger partial charge in [0.1, 0.15) is 6.61 Å². The fourth-order valence-electron chi connectivity index (χ4n) is 0.875. The molecule has 0 spiro atoms. The van der Waals surface area contributed by atoms with Gasteiger partial charge in [0.15, 0.2) is 0 Å². The highest BCUT2D eigenvalue weighted by molar-refractivity contribution is 7.86. The van der Waals surface area contributed by atoms with Gasteiger partial charge in [-0.25, -0.2) is 0 Å². The van der Waals surface area contributed by atoms with Gasteiger partial charge in [0.25, 0.3) is 10.1 Å². The fourth-order valence-corrected chi connectivity index (χ4v) is 1.68. The van der Waals surface area contributed by atoms with Crippen LogP contribution < -0.4 is 0 Å². The molecule has 0 fully saturated rings. The van der Waals surface area contributed by atoms with Crippen LogP contribution in [0.15, 0.2) is 29.2 Å². The first-order chi connectivity index (χ1) is 6.56. The van der Waals surface area contributed by atoms with Crippen LogP contribution >= 0.6 is 0 Å². The lowest BCUT2D eigenvalue weighted by Gasteiger charge is -2.02. The van der Waals surface area contributed by atoms with Crippen molar-refractivity contribution in [2.75, 3.05) is 6.61 Å². The van der Waals surface area contributed by atoms with Gasteiger partial charge in [0.05, 0.1) is 4.90 Å². The molecule has 4 nitrogen and oxygen atoms in total. The van der Waals surface area contributed by atoms with Crippen molar-refractivity contribution in [1.29, 1.82) is 0 Å². The van der Waals surface area contributed by atoms with E-state index in [0.717, 1.165) is 5.56 Å². The van der Waals surface area contributed by atoms with Gasteiger partial charge in [0.2, 0.25) is 6.29 Å². The van der Waals surface area contributed by atoms with Gasteiger partial charge in [-0.05, 0) is 19.1 Å². The Labute approximate surface area is 82.6 Å². The second kappa shape index (κ2) is 4.34. The molecule has 0 amide bonds. The van der Waals surface area contributed by atoms with Gasteiger partial charge in [-0.3, -0.25) is 8.98 Å². The van der Waals surface area contributed by atoms with Gasteiger partial charge in [-0.1, -0.05) is 17.7 Å². The molecule has 1 aromatic rings. The lowest BCUT2D eigenvalue weighted by atomic mass is 10.2. The molecule has 0 unspecified atom stereocenters. The Morgan fingerprint density at radius 2 is 1.86 bits per heavy atom. The lowest BCUT2D eigenvalue weighted by Crippen LogP contribution is -2.07. The summed E-state index contributed by atoms with van der Waals surface area (Å²) in [6.07, 6.45) is 1.35. The minimum Gasteiger partial charge on any atom is -0.288 e. The maximum Gasteiger partial charge on any atom is 0.297 e. The van der Waals surface area contributed by atoms with Crippen LogP contribution in [-0.4, -0.2) is 21.3 Å². The topological polar surface area (TPSA) is 60.4 Å². The average molecular weight is 213 g/mol. The third-order valence-corrected chi connectivity index (χ3v) is 2.86. The molecule has 0 bridgehead atoms. The second-order valence-corrected chi connectivity index (χ2v) is 4.29. The van der Waals surface area contributed by atoms with Crippen molar-refractivity contribution >= 4 is 16.4 Å². The van der Waals surface area contributed by atoms with Crippen molar-refractivity contribution in [2.45, 2.75) is 11.8 Å². The summed E-state index contributed by atoms with van der Waals surface area (Å²) in [5.74, 6) is 0. The molecule has 1 radical (unpaired) electrons. The van der Waals surface area contributed by atoms with Crippen molar-refractivity contribution in [2.24, 2.45) is 0 Å². The molecule has 0 aromatic heterocycles. The van der Waals surface area contributed by atoms with E-state index in [4.69, 9.17) is 0 Å². The Morgan fingerprint density at radius 3 is 2.36 bits per heavy atom. The zero-order valence-electron chi connectivity index (χ0n) is 7.56. The molecule has 5 heteroatoms. The molecule has 1 aromatic carbocycles. The SMILES string of the molecule is Cc1ccc(S(=O)(=O)OC[C]=O)cc1. The molecule has 0 N–H and O–H groups in total. The number of hydrogen-bond acceptors (Lipinski definition) is 4. The molecule has 75 valence electrons. The number of carbonyl (C=O) groups excluding carboxylic acids is 1. The average Bonchev–Trinajstić information content (AvgIpc) is 2.16. The summed E-state index contributed by atoms with van der Waals surface area (Å²) in [6, 6.07) is 6.16. The predicted molar refractivity (Wildman–Crippen MR) is 50.0 cm³/mol. The summed E-state index contributed by atoms with van der Waals surface area (Å²) in [5.41, 5.74) is 0.950. The molecule has 1 rings (SSSR count). The van der Waals surface area contributed by atoms with Crippen LogP contribution in [0.4, 0.5) is 0 Å². The molecule has 0 aliphatic rings. The molecule has 0 saturated carbocycles. The van der Waals surface area contributed by atoms with E-state index in [1.54, 1.807) is 12.1 Å². The first-order valence-corrected chi connectivity index (χ1v) is 5.28. The maximum absolute atomic E-state index is 11.3. The van der Waals surface area contributed by atoms with E-state index in [-0.39, 0.29) is 4.90 Å². The Bertz CT molecular complexity index is 405. The molecular weight excluding hydrogens is 204 g/mol. The van der Waals surface area contributed by atoms with Gasteiger partial charge in [0, 0.05) is 0 Å². The molecule has 0 saturated heterocycles. The van der Waals surface area contributed by atoms with Gasteiger partial charge >= 0.3 is 0 Å². The lowest BCUT2D eigenvalue weighted by molar-refractivity contribution is 0.359. The van der Waals surface area contributed by atoms with Crippen LogP contribution in [0.5, 0.6) is 0 Å². The van der Waals surface area contributed by atoms with Crippen LogP contribution in [0.2, 0.25) is 0 Å². The summed E-state index contributed by atoms with van der Waals surface area (Å²) < 4.78 is 27.0. The maximum atomic E-state index is 11.3. The van der Waals surface area contributed by atoms with E-state index in [9.17, 15) is 13.2 Å². The van der Waals surface area contributed by atoms with E-state index in [0.29, 0.717) is 0 Å². The van der Waals surface area contributed by atoms with Crippen molar-refractivity contribution < 1.29 is 17.4 Å². The third-order valence-electron chi connectivity index (χ3n) is 1.58. The number of rotatable bonds is 4. The Morgan fingerprint density at radius 1 is 1.29 bits per heavy atom. The summed E-state index contributed by atoms with van der Waals surface area (Å²) in [6.45, 7) is 1.27. The fraction of sp³-hybridized carbons (Fsp3) is 0.222. The molecule has 0 heterocycles. The predicted octanol–water partition coefficient (Wildman–Crippen LogP) is 0.810. The van der Waals surface area contributed by atoms with Gasteiger partial charge < -0.3 is 0 Å². The van der Waals surface area contributed by atoms with Crippen LogP contribution in [0.25, 0.3) is 0 Å². The normalized spacial score (nSPS) is 11.2. The zero-order valence-corrected chi connectivity index (χ0v) is 8.37. The van der Waals surface area contributed by atoms with E-state index < -0.39 is 16.7 Å². The van der Waals surface area contributed by atoms with Crippen LogP contribution in [-0.2, 0) is 19.1 Å². The molecule has 0 aliphatic carbocycles. The first-order valence-electron chi connectivity index (χ1n) is 3.87. The summed E-state index contributed by atoms with van der Waals surface area (Å²) in [5, 5.41) is 0. The van der Waals surface area contributed by atoms with Crippen molar-refractivity contribution in [3.8, 4) is 0 Å². The van der Waals surface area contributed by atoms with Crippen LogP contribution in [0.3, 0.4) is 0 Å². The van der Waals surface area contributed by atoms with Crippen molar-refractivity contribution in [3.63, 3.8) is 0 Å². The Kier molecular flexibility index (Phi) is 3.38. The quantitative estimate of drug-likeness (QED) is 0.694. The largest absolute Gasteiger partial charge is 0.297 e. The first kappa shape index (κ1) is 10.9. The van der Waals surface area contributed by atoms with Gasteiger partial charge in [-0.15, -0.1) is 0 Å². The minimum absolute atomic E-state index is 0.0401. The Balaban J connectivity index is 2.93. The van der Waals surface area contributed by atoms with Crippen molar-refractivity contribution in [1.82, 2.24) is 0 Å². The van der Waals surface area contributed by atoms with Crippen LogP contribution in [0, 0.1) is 6.92 Å². The molecule has 0 aliphatic heterocycles. The summed E-state index contributed by atoms with van der Waals surface area (Å²) >= 11 is 0. The monoisotopic (exact) mass is 213 g/mol. The highest BCUT2D eigenvalue weighted by Crippen LogP contribution is 2.12. The zero-order chi connectivity index (χ0) is 10.6. The second-order valence-electron chi connectivity index (χ2n) is 2.67.